The van der Waals surface area contributed by atoms with Gasteiger partial charge in [0.05, 0.1) is 15.2 Å². The molecule has 4 aromatic rings. The molecule has 0 saturated heterocycles. The predicted molar refractivity (Wildman–Crippen MR) is 129 cm³/mol. The van der Waals surface area contributed by atoms with Crippen LogP contribution in [0.4, 0.5) is 5.13 Å². The highest BCUT2D eigenvalue weighted by Gasteiger charge is 2.09. The highest BCUT2D eigenvalue weighted by Crippen LogP contribution is 2.36. The number of thiazole rings is 1. The lowest BCUT2D eigenvalue weighted by molar-refractivity contribution is -0.111. The molecule has 1 N–H and O–H groups in total. The maximum Gasteiger partial charge on any atom is 0.250 e. The first-order valence-electron chi connectivity index (χ1n) is 9.07. The second-order valence-corrected chi connectivity index (χ2v) is 9.44. The summed E-state index contributed by atoms with van der Waals surface area (Å²) in [6.45, 7) is 2.01. The summed E-state index contributed by atoms with van der Waals surface area (Å²) in [6.07, 6.45) is 3.31. The number of aryl methyl sites for hydroxylation is 1. The Morgan fingerprint density at radius 3 is 2.70 bits per heavy atom. The van der Waals surface area contributed by atoms with Crippen molar-refractivity contribution in [2.45, 2.75) is 16.7 Å². The van der Waals surface area contributed by atoms with Crippen LogP contribution in [-0.4, -0.2) is 10.9 Å². The molecule has 3 aromatic carbocycles. The molecule has 1 aromatic heterocycles. The van der Waals surface area contributed by atoms with Crippen LogP contribution in [0.1, 0.15) is 11.1 Å². The van der Waals surface area contributed by atoms with Gasteiger partial charge in [0.1, 0.15) is 0 Å². The monoisotopic (exact) mass is 470 g/mol. The van der Waals surface area contributed by atoms with Crippen molar-refractivity contribution in [2.24, 2.45) is 0 Å². The number of rotatable bonds is 5. The fourth-order valence-corrected chi connectivity index (χ4v) is 5.24. The summed E-state index contributed by atoms with van der Waals surface area (Å²) >= 11 is 15.3. The average Bonchev–Trinajstić information content (AvgIpc) is 3.13. The second kappa shape index (κ2) is 9.23. The standard InChI is InChI=1S/C23H16Cl2N2OS2/c1-14-5-4-8-20-22(14)27-23(30-20)26-21(28)12-9-15-6-2-3-7-18(15)29-19-11-10-16(24)13-17(19)25/h2-13H,1H3,(H,26,27,28)/b12-9+. The summed E-state index contributed by atoms with van der Waals surface area (Å²) < 4.78 is 1.05. The highest BCUT2D eigenvalue weighted by molar-refractivity contribution is 7.99. The SMILES string of the molecule is Cc1cccc2sc(NC(=O)/C=C/c3ccccc3Sc3ccc(Cl)cc3Cl)nc12. The minimum Gasteiger partial charge on any atom is -0.298 e. The molecule has 0 bridgehead atoms. The molecule has 3 nitrogen and oxygen atoms in total. The first-order valence-corrected chi connectivity index (χ1v) is 11.5. The van der Waals surface area contributed by atoms with Crippen LogP contribution in [0.15, 0.2) is 76.5 Å². The molecule has 7 heteroatoms. The average molecular weight is 471 g/mol. The van der Waals surface area contributed by atoms with Crippen LogP contribution < -0.4 is 5.32 Å². The van der Waals surface area contributed by atoms with Crippen LogP contribution in [0, 0.1) is 6.92 Å². The van der Waals surface area contributed by atoms with Crippen LogP contribution in [0.3, 0.4) is 0 Å². The largest absolute Gasteiger partial charge is 0.298 e. The number of hydrogen-bond acceptors (Lipinski definition) is 4. The minimum atomic E-state index is -0.226. The zero-order valence-electron chi connectivity index (χ0n) is 15.9. The van der Waals surface area contributed by atoms with E-state index in [2.05, 4.69) is 10.3 Å². The molecule has 30 heavy (non-hydrogen) atoms. The van der Waals surface area contributed by atoms with Crippen molar-refractivity contribution in [1.82, 2.24) is 4.98 Å². The van der Waals surface area contributed by atoms with Gasteiger partial charge in [0.15, 0.2) is 5.13 Å². The molecule has 0 aliphatic heterocycles. The minimum absolute atomic E-state index is 0.226. The second-order valence-electron chi connectivity index (χ2n) is 6.48. The maximum absolute atomic E-state index is 12.4. The lowest BCUT2D eigenvalue weighted by Gasteiger charge is -2.07. The Balaban J connectivity index is 1.50. The Kier molecular flexibility index (Phi) is 6.44. The number of aromatic nitrogens is 1. The molecule has 0 saturated carbocycles. The van der Waals surface area contributed by atoms with E-state index in [1.54, 1.807) is 18.2 Å². The third-order valence-electron chi connectivity index (χ3n) is 4.30. The number of carbonyl (C=O) groups is 1. The number of para-hydroxylation sites is 1. The summed E-state index contributed by atoms with van der Waals surface area (Å²) in [7, 11) is 0. The topological polar surface area (TPSA) is 42.0 Å². The Morgan fingerprint density at radius 2 is 1.90 bits per heavy atom. The Morgan fingerprint density at radius 1 is 1.07 bits per heavy atom. The smallest absolute Gasteiger partial charge is 0.250 e. The lowest BCUT2D eigenvalue weighted by Crippen LogP contribution is -2.07. The van der Waals surface area contributed by atoms with Crippen molar-refractivity contribution >= 4 is 73.6 Å². The molecule has 0 aliphatic rings. The van der Waals surface area contributed by atoms with Gasteiger partial charge in [0.25, 0.3) is 0 Å². The molecule has 150 valence electrons. The summed E-state index contributed by atoms with van der Waals surface area (Å²) in [5.74, 6) is -0.226. The number of amides is 1. The van der Waals surface area contributed by atoms with Gasteiger partial charge in [0.2, 0.25) is 5.91 Å². The van der Waals surface area contributed by atoms with Gasteiger partial charge in [0, 0.05) is 20.9 Å². The lowest BCUT2D eigenvalue weighted by atomic mass is 10.2. The van der Waals surface area contributed by atoms with Crippen molar-refractivity contribution in [1.29, 1.82) is 0 Å². The van der Waals surface area contributed by atoms with E-state index in [4.69, 9.17) is 23.2 Å². The number of halogens is 2. The van der Waals surface area contributed by atoms with E-state index in [0.717, 1.165) is 31.1 Å². The Labute approximate surface area is 192 Å². The molecule has 1 amide bonds. The number of nitrogens with zero attached hydrogens (tertiary/aromatic N) is 1. The maximum atomic E-state index is 12.4. The van der Waals surface area contributed by atoms with Crippen molar-refractivity contribution < 1.29 is 4.79 Å². The predicted octanol–water partition coefficient (Wildman–Crippen LogP) is 7.71. The molecule has 1 heterocycles. The molecule has 0 unspecified atom stereocenters. The first kappa shape index (κ1) is 20.9. The van der Waals surface area contributed by atoms with Crippen molar-refractivity contribution in [3.8, 4) is 0 Å². The summed E-state index contributed by atoms with van der Waals surface area (Å²) in [4.78, 5) is 18.8. The number of nitrogens with one attached hydrogen (secondary N) is 1. The van der Waals surface area contributed by atoms with Gasteiger partial charge >= 0.3 is 0 Å². The first-order chi connectivity index (χ1) is 14.5. The van der Waals surface area contributed by atoms with E-state index >= 15 is 0 Å². The molecular formula is C23H16Cl2N2OS2. The van der Waals surface area contributed by atoms with E-state index in [0.29, 0.717) is 15.2 Å². The number of hydrogen-bond donors (Lipinski definition) is 1. The number of carbonyl (C=O) groups excluding carboxylic acids is 1. The quantitative estimate of drug-likeness (QED) is 0.303. The summed E-state index contributed by atoms with van der Waals surface area (Å²) in [5, 5.41) is 4.63. The van der Waals surface area contributed by atoms with E-state index < -0.39 is 0 Å². The zero-order chi connectivity index (χ0) is 21.1. The van der Waals surface area contributed by atoms with Gasteiger partial charge < -0.3 is 0 Å². The zero-order valence-corrected chi connectivity index (χ0v) is 19.0. The van der Waals surface area contributed by atoms with Crippen LogP contribution in [0.2, 0.25) is 10.0 Å². The fraction of sp³-hybridized carbons (Fsp3) is 0.0435. The normalized spacial score (nSPS) is 11.3. The van der Waals surface area contributed by atoms with Crippen molar-refractivity contribution in [2.75, 3.05) is 5.32 Å². The molecule has 0 atom stereocenters. The fourth-order valence-electron chi connectivity index (χ4n) is 2.84. The Bertz CT molecular complexity index is 1270. The van der Waals surface area contributed by atoms with E-state index in [-0.39, 0.29) is 5.91 Å². The molecule has 4 rings (SSSR count). The van der Waals surface area contributed by atoms with E-state index in [1.807, 2.05) is 55.5 Å². The van der Waals surface area contributed by atoms with Crippen LogP contribution >= 0.6 is 46.3 Å². The van der Waals surface area contributed by atoms with Crippen molar-refractivity contribution in [3.63, 3.8) is 0 Å². The number of benzene rings is 3. The molecule has 0 spiro atoms. The number of fused-ring (bicyclic) bond motifs is 1. The molecule has 0 aliphatic carbocycles. The van der Waals surface area contributed by atoms with Crippen LogP contribution in [-0.2, 0) is 4.79 Å². The van der Waals surface area contributed by atoms with E-state index in [9.17, 15) is 4.79 Å². The molecular weight excluding hydrogens is 455 g/mol. The molecule has 0 fully saturated rings. The van der Waals surface area contributed by atoms with Gasteiger partial charge in [-0.1, -0.05) is 76.6 Å². The van der Waals surface area contributed by atoms with Crippen molar-refractivity contribution in [3.05, 3.63) is 87.9 Å². The van der Waals surface area contributed by atoms with Crippen LogP contribution in [0.25, 0.3) is 16.3 Å². The number of anilines is 1. The van der Waals surface area contributed by atoms with Crippen LogP contribution in [0.5, 0.6) is 0 Å². The van der Waals surface area contributed by atoms with E-state index in [1.165, 1.54) is 29.2 Å². The van der Waals surface area contributed by atoms with Gasteiger partial charge in [-0.25, -0.2) is 4.98 Å². The van der Waals surface area contributed by atoms with Gasteiger partial charge in [-0.2, -0.15) is 0 Å². The molecule has 0 radical (unpaired) electrons. The highest BCUT2D eigenvalue weighted by atomic mass is 35.5. The third-order valence-corrected chi connectivity index (χ3v) is 7.06. The Hall–Kier alpha value is -2.31. The summed E-state index contributed by atoms with van der Waals surface area (Å²) in [6, 6.07) is 19.2. The van der Waals surface area contributed by atoms with Gasteiger partial charge in [-0.3, -0.25) is 10.1 Å². The third kappa shape index (κ3) is 4.87. The van der Waals surface area contributed by atoms with Gasteiger partial charge in [-0.05, 0) is 54.5 Å². The summed E-state index contributed by atoms with van der Waals surface area (Å²) in [5.41, 5.74) is 2.93. The van der Waals surface area contributed by atoms with Gasteiger partial charge in [-0.15, -0.1) is 0 Å².